The molecule has 0 heterocycles. The van der Waals surface area contributed by atoms with E-state index in [1.807, 2.05) is 6.92 Å². The van der Waals surface area contributed by atoms with E-state index in [2.05, 4.69) is 0 Å². The third-order valence-electron chi connectivity index (χ3n) is 2.88. The first-order chi connectivity index (χ1) is 7.90. The van der Waals surface area contributed by atoms with E-state index in [0.717, 1.165) is 0 Å². The summed E-state index contributed by atoms with van der Waals surface area (Å²) in [5.74, 6) is -0.696. The molecule has 1 N–H and O–H groups in total. The minimum atomic E-state index is -4.03. The number of rotatable bonds is 7. The number of nitrogens with zero attached hydrogens (tertiary/aromatic N) is 1. The van der Waals surface area contributed by atoms with Crippen molar-refractivity contribution in [1.29, 1.82) is 0 Å². The highest BCUT2D eigenvalue weighted by molar-refractivity contribution is 7.85. The Bertz CT molecular complexity index is 386. The van der Waals surface area contributed by atoms with Crippen LogP contribution in [0, 0.1) is 5.41 Å². The number of carbonyl (C=O) groups is 1. The molecule has 0 aliphatic carbocycles. The lowest BCUT2D eigenvalue weighted by molar-refractivity contribution is -0.878. The molecule has 18 heavy (non-hydrogen) atoms. The highest BCUT2D eigenvalue weighted by Crippen LogP contribution is 2.21. The summed E-state index contributed by atoms with van der Waals surface area (Å²) in [5, 5.41) is 0. The second kappa shape index (κ2) is 5.99. The third-order valence-corrected chi connectivity index (χ3v) is 3.90. The van der Waals surface area contributed by atoms with Crippen molar-refractivity contribution in [2.45, 2.75) is 27.2 Å². The lowest BCUT2D eigenvalue weighted by Gasteiger charge is -2.28. The smallest absolute Gasteiger partial charge is 0.316 e. The van der Waals surface area contributed by atoms with E-state index in [1.165, 1.54) is 0 Å². The molecule has 0 bridgehead atoms. The van der Waals surface area contributed by atoms with Crippen molar-refractivity contribution in [3.05, 3.63) is 0 Å². The van der Waals surface area contributed by atoms with Crippen molar-refractivity contribution in [1.82, 2.24) is 0 Å². The lowest BCUT2D eigenvalue weighted by Crippen LogP contribution is -2.46. The van der Waals surface area contributed by atoms with Gasteiger partial charge in [-0.1, -0.05) is 6.92 Å². The summed E-state index contributed by atoms with van der Waals surface area (Å²) in [7, 11) is -0.743. The molecule has 6 nitrogen and oxygen atoms in total. The second-order valence-electron chi connectivity index (χ2n) is 5.74. The van der Waals surface area contributed by atoms with E-state index < -0.39 is 21.4 Å². The summed E-state index contributed by atoms with van der Waals surface area (Å²) in [6, 6.07) is 0. The van der Waals surface area contributed by atoms with Crippen LogP contribution in [0.1, 0.15) is 27.2 Å². The van der Waals surface area contributed by atoms with Crippen LogP contribution in [0.3, 0.4) is 0 Å². The molecule has 0 aliphatic heterocycles. The van der Waals surface area contributed by atoms with Gasteiger partial charge in [0, 0.05) is 0 Å². The van der Waals surface area contributed by atoms with Gasteiger partial charge in [0.05, 0.1) is 19.5 Å². The highest BCUT2D eigenvalue weighted by Gasteiger charge is 2.28. The van der Waals surface area contributed by atoms with Crippen LogP contribution < -0.4 is 0 Å². The van der Waals surface area contributed by atoms with Gasteiger partial charge in [0.1, 0.15) is 13.2 Å². The third kappa shape index (κ3) is 6.93. The summed E-state index contributed by atoms with van der Waals surface area (Å²) in [4.78, 5) is 11.7. The van der Waals surface area contributed by atoms with Crippen LogP contribution in [0.2, 0.25) is 0 Å². The van der Waals surface area contributed by atoms with E-state index >= 15 is 0 Å². The Hall–Kier alpha value is -0.660. The van der Waals surface area contributed by atoms with E-state index in [0.29, 0.717) is 13.0 Å². The first-order valence-corrected chi connectivity index (χ1v) is 7.45. The van der Waals surface area contributed by atoms with Crippen LogP contribution in [0.15, 0.2) is 0 Å². The van der Waals surface area contributed by atoms with E-state index in [1.54, 1.807) is 27.9 Å². The fraction of sp³-hybridized carbons (Fsp3) is 0.909. The molecule has 0 unspecified atom stereocenters. The Kier molecular flexibility index (Phi) is 5.77. The van der Waals surface area contributed by atoms with Gasteiger partial charge < -0.3 is 9.22 Å². The fourth-order valence-corrected chi connectivity index (χ4v) is 2.24. The van der Waals surface area contributed by atoms with Crippen molar-refractivity contribution in [3.8, 4) is 0 Å². The molecule has 108 valence electrons. The largest absolute Gasteiger partial charge is 0.459 e. The maximum absolute atomic E-state index is 11.7. The lowest BCUT2D eigenvalue weighted by atomic mass is 9.91. The zero-order valence-corrected chi connectivity index (χ0v) is 12.6. The number of ether oxygens (including phenoxy) is 1. The summed E-state index contributed by atoms with van der Waals surface area (Å²) < 4.78 is 35.5. The monoisotopic (exact) mass is 282 g/mol. The minimum absolute atomic E-state index is 0.0403. The number of esters is 1. The molecular formula is C11H24NO5S+. The van der Waals surface area contributed by atoms with Crippen molar-refractivity contribution >= 4 is 16.1 Å². The standard InChI is InChI=1S/C11H23NO5S/c1-6-11(2,3)10(13)17-8-7-12(4,5)9-18(14,15)16/h6-9H2,1-5H3/p+1. The summed E-state index contributed by atoms with van der Waals surface area (Å²) in [6.07, 6.45) is 0.676. The van der Waals surface area contributed by atoms with Crippen LogP contribution in [-0.4, -0.2) is 56.5 Å². The Labute approximate surface area is 109 Å². The number of hydrogen-bond acceptors (Lipinski definition) is 4. The van der Waals surface area contributed by atoms with Gasteiger partial charge in [-0.05, 0) is 20.3 Å². The molecule has 0 spiro atoms. The van der Waals surface area contributed by atoms with Crippen LogP contribution >= 0.6 is 0 Å². The van der Waals surface area contributed by atoms with Gasteiger partial charge in [-0.15, -0.1) is 0 Å². The Morgan fingerprint density at radius 2 is 1.83 bits per heavy atom. The minimum Gasteiger partial charge on any atom is -0.459 e. The second-order valence-corrected chi connectivity index (χ2v) is 7.17. The number of hydrogen-bond donors (Lipinski definition) is 1. The van der Waals surface area contributed by atoms with Crippen molar-refractivity contribution in [2.24, 2.45) is 5.41 Å². The first kappa shape index (κ1) is 17.3. The average Bonchev–Trinajstić information content (AvgIpc) is 2.13. The van der Waals surface area contributed by atoms with Gasteiger partial charge in [0.2, 0.25) is 5.88 Å². The number of carbonyl (C=O) groups excluding carboxylic acids is 1. The van der Waals surface area contributed by atoms with Crippen molar-refractivity contribution in [3.63, 3.8) is 0 Å². The molecule has 0 aliphatic rings. The Morgan fingerprint density at radius 1 is 1.33 bits per heavy atom. The van der Waals surface area contributed by atoms with Gasteiger partial charge in [-0.3, -0.25) is 9.35 Å². The normalized spacial score (nSPS) is 13.4. The zero-order chi connectivity index (χ0) is 14.6. The maximum Gasteiger partial charge on any atom is 0.316 e. The average molecular weight is 282 g/mol. The molecule has 0 saturated heterocycles. The SMILES string of the molecule is CCC(C)(C)C(=O)OCC[N+](C)(C)CS(=O)(=O)O. The van der Waals surface area contributed by atoms with Gasteiger partial charge >= 0.3 is 16.1 Å². The van der Waals surface area contributed by atoms with Gasteiger partial charge in [-0.25, -0.2) is 0 Å². The molecule has 7 heteroatoms. The van der Waals surface area contributed by atoms with E-state index in [4.69, 9.17) is 9.29 Å². The molecule has 0 aromatic heterocycles. The molecule has 0 saturated carbocycles. The molecule has 0 rings (SSSR count). The number of likely N-dealkylation sites (N-methyl/N-ethyl adjacent to an activating group) is 1. The van der Waals surface area contributed by atoms with Crippen molar-refractivity contribution < 1.29 is 27.0 Å². The van der Waals surface area contributed by atoms with E-state index in [-0.39, 0.29) is 17.1 Å². The fourth-order valence-electron chi connectivity index (χ4n) is 1.23. The topological polar surface area (TPSA) is 80.7 Å². The van der Waals surface area contributed by atoms with Crippen molar-refractivity contribution in [2.75, 3.05) is 33.1 Å². The van der Waals surface area contributed by atoms with Gasteiger partial charge in [0.15, 0.2) is 0 Å². The predicted molar refractivity (Wildman–Crippen MR) is 68.4 cm³/mol. The number of quaternary nitrogens is 1. The molecule has 0 fully saturated rings. The maximum atomic E-state index is 11.7. The summed E-state index contributed by atoms with van der Waals surface area (Å²) in [5.41, 5.74) is -0.528. The Morgan fingerprint density at radius 3 is 2.22 bits per heavy atom. The molecule has 0 atom stereocenters. The first-order valence-electron chi connectivity index (χ1n) is 5.84. The van der Waals surface area contributed by atoms with E-state index in [9.17, 15) is 13.2 Å². The van der Waals surface area contributed by atoms with Crippen LogP contribution in [0.4, 0.5) is 0 Å². The predicted octanol–water partition coefficient (Wildman–Crippen LogP) is 0.888. The molecule has 0 radical (unpaired) electrons. The molecule has 0 aromatic rings. The molecular weight excluding hydrogens is 258 g/mol. The van der Waals surface area contributed by atoms with Gasteiger partial charge in [0.25, 0.3) is 0 Å². The van der Waals surface area contributed by atoms with Crippen LogP contribution in [0.5, 0.6) is 0 Å². The zero-order valence-electron chi connectivity index (χ0n) is 11.8. The highest BCUT2D eigenvalue weighted by atomic mass is 32.2. The molecule has 0 amide bonds. The molecule has 0 aromatic carbocycles. The summed E-state index contributed by atoms with van der Waals surface area (Å²) in [6.45, 7) is 5.96. The van der Waals surface area contributed by atoms with Crippen LogP contribution in [-0.2, 0) is 19.6 Å². The van der Waals surface area contributed by atoms with Gasteiger partial charge in [-0.2, -0.15) is 8.42 Å². The van der Waals surface area contributed by atoms with Crippen LogP contribution in [0.25, 0.3) is 0 Å². The summed E-state index contributed by atoms with van der Waals surface area (Å²) >= 11 is 0. The quantitative estimate of drug-likeness (QED) is 0.426. The Balaban J connectivity index is 4.24.